The first-order valence-corrected chi connectivity index (χ1v) is 30.0. The second-order valence-electron chi connectivity index (χ2n) is 22.9. The molecule has 0 bridgehead atoms. The van der Waals surface area contributed by atoms with Crippen molar-refractivity contribution in [2.75, 3.05) is 21.3 Å². The van der Waals surface area contributed by atoms with E-state index < -0.39 is 23.9 Å². The number of aromatic amines is 4. The van der Waals surface area contributed by atoms with Gasteiger partial charge in [0.1, 0.15) is 0 Å². The smallest absolute Gasteiger partial charge is 0.303 e. The van der Waals surface area contributed by atoms with Gasteiger partial charge in [-0.25, -0.2) is 0 Å². The number of aryl methyl sites for hydroxylation is 4. The van der Waals surface area contributed by atoms with Crippen LogP contribution in [0.25, 0.3) is 46.6 Å². The Labute approximate surface area is 530 Å². The van der Waals surface area contributed by atoms with Gasteiger partial charge < -0.3 is 61.6 Å². The molecule has 8 aromatic rings. The standard InChI is InChI=1S/4C18H18N2O3/c4*1-10-12(7-8-17(21)22)11(2)19-16(10)9-14-13-5-3-4-6-15(13)20-18(14)23/h4*3-6,9,19H,7-8H2,1-2H3,(H,20,23)(H,21,22)/b4*14-9-. The molecule has 8 heterocycles. The summed E-state index contributed by atoms with van der Waals surface area (Å²) in [6.45, 7) is 15.5. The second kappa shape index (κ2) is 28.0. The highest BCUT2D eigenvalue weighted by atomic mass is 16.4. The Morgan fingerprint density at radius 2 is 0.500 bits per heavy atom. The first-order chi connectivity index (χ1) is 43.9. The summed E-state index contributed by atoms with van der Waals surface area (Å²) in [5, 5.41) is 46.8. The fraction of sp³-hybridized carbons (Fsp3) is 0.222. The summed E-state index contributed by atoms with van der Waals surface area (Å²) in [6.07, 6.45) is 9.67. The summed E-state index contributed by atoms with van der Waals surface area (Å²) in [6, 6.07) is 30.3. The molecule has 4 aliphatic heterocycles. The van der Waals surface area contributed by atoms with Gasteiger partial charge in [0.25, 0.3) is 23.6 Å². The molecule has 4 amide bonds. The second-order valence-corrected chi connectivity index (χ2v) is 22.9. The van der Waals surface area contributed by atoms with E-state index >= 15 is 0 Å². The first kappa shape index (κ1) is 65.2. The van der Waals surface area contributed by atoms with Gasteiger partial charge in [0.05, 0.1) is 22.3 Å². The van der Waals surface area contributed by atoms with E-state index in [-0.39, 0.29) is 49.3 Å². The summed E-state index contributed by atoms with van der Waals surface area (Å²) in [5.74, 6) is -3.73. The van der Waals surface area contributed by atoms with Crippen LogP contribution < -0.4 is 21.3 Å². The van der Waals surface area contributed by atoms with Gasteiger partial charge in [-0.15, -0.1) is 0 Å². The summed E-state index contributed by atoms with van der Waals surface area (Å²) < 4.78 is 0. The fourth-order valence-corrected chi connectivity index (χ4v) is 12.0. The third-order valence-electron chi connectivity index (χ3n) is 16.9. The number of benzene rings is 4. The molecular weight excluding hydrogens is 1170 g/mol. The number of amides is 4. The number of nitrogens with one attached hydrogen (secondary N) is 8. The van der Waals surface area contributed by atoms with Crippen molar-refractivity contribution in [3.63, 3.8) is 0 Å². The quantitative estimate of drug-likeness (QED) is 0.0402. The van der Waals surface area contributed by atoms with E-state index in [0.717, 1.165) is 135 Å². The van der Waals surface area contributed by atoms with Gasteiger partial charge in [-0.05, 0) is 174 Å². The van der Waals surface area contributed by atoms with Gasteiger partial charge in [-0.3, -0.25) is 38.4 Å². The van der Waals surface area contributed by atoms with E-state index in [1.54, 1.807) is 0 Å². The number of carboxylic acid groups (broad SMARTS) is 4. The van der Waals surface area contributed by atoms with Crippen molar-refractivity contribution in [1.82, 2.24) is 19.9 Å². The molecule has 0 saturated carbocycles. The fourth-order valence-electron chi connectivity index (χ4n) is 12.0. The lowest BCUT2D eigenvalue weighted by molar-refractivity contribution is -0.138. The van der Waals surface area contributed by atoms with Gasteiger partial charge in [-0.2, -0.15) is 0 Å². The molecule has 0 unspecified atom stereocenters. The highest BCUT2D eigenvalue weighted by Crippen LogP contribution is 2.38. The SMILES string of the molecule is Cc1[nH]c(/C=C2\C(=O)Nc3ccccc32)c(C)c1CCC(=O)O.Cc1[nH]c(/C=C2\C(=O)Nc3ccccc32)c(C)c1CCC(=O)O.Cc1[nH]c(/C=C2\C(=O)Nc3ccccc32)c(C)c1CCC(=O)O.Cc1[nH]c(/C=C2\C(=O)Nc3ccccc32)c(C)c1CCC(=O)O. The maximum atomic E-state index is 12.2. The van der Waals surface area contributed by atoms with Gasteiger partial charge in [0, 0.05) is 116 Å². The molecule has 0 fully saturated rings. The Hall–Kier alpha value is -11.3. The van der Waals surface area contributed by atoms with Crippen LogP contribution in [0.5, 0.6) is 0 Å². The largest absolute Gasteiger partial charge is 0.481 e. The van der Waals surface area contributed by atoms with E-state index in [9.17, 15) is 38.4 Å². The zero-order chi connectivity index (χ0) is 66.2. The number of aliphatic carboxylic acids is 4. The molecule has 4 aromatic heterocycles. The zero-order valence-electron chi connectivity index (χ0n) is 52.3. The molecule has 12 rings (SSSR count). The van der Waals surface area contributed by atoms with Crippen molar-refractivity contribution < 1.29 is 58.8 Å². The molecule has 20 heteroatoms. The first-order valence-electron chi connectivity index (χ1n) is 30.0. The van der Waals surface area contributed by atoms with Crippen LogP contribution in [0.1, 0.15) is 138 Å². The van der Waals surface area contributed by atoms with Gasteiger partial charge >= 0.3 is 23.9 Å². The molecule has 0 saturated heterocycles. The Kier molecular flexibility index (Phi) is 19.9. The van der Waals surface area contributed by atoms with Crippen molar-refractivity contribution in [3.05, 3.63) is 209 Å². The number of carboxylic acids is 4. The summed E-state index contributed by atoms with van der Waals surface area (Å²) >= 11 is 0. The van der Waals surface area contributed by atoms with Crippen LogP contribution >= 0.6 is 0 Å². The Morgan fingerprint density at radius 1 is 0.315 bits per heavy atom. The average Bonchev–Trinajstić information content (AvgIpc) is 1.69. The number of hydrogen-bond acceptors (Lipinski definition) is 8. The van der Waals surface area contributed by atoms with Crippen molar-refractivity contribution in [2.24, 2.45) is 0 Å². The van der Waals surface area contributed by atoms with Crippen LogP contribution in [0.3, 0.4) is 0 Å². The number of anilines is 4. The minimum atomic E-state index is -0.811. The molecule has 12 N–H and O–H groups in total. The topological polar surface area (TPSA) is 329 Å². The van der Waals surface area contributed by atoms with Crippen LogP contribution in [0, 0.1) is 55.4 Å². The van der Waals surface area contributed by atoms with Crippen molar-refractivity contribution >= 4 is 117 Å². The molecule has 20 nitrogen and oxygen atoms in total. The molecule has 4 aromatic carbocycles. The highest BCUT2D eigenvalue weighted by Gasteiger charge is 2.29. The molecule has 92 heavy (non-hydrogen) atoms. The predicted molar refractivity (Wildman–Crippen MR) is 357 cm³/mol. The number of fused-ring (bicyclic) bond motifs is 4. The van der Waals surface area contributed by atoms with Crippen LogP contribution in [0.2, 0.25) is 0 Å². The predicted octanol–water partition coefficient (Wildman–Crippen LogP) is 12.6. The summed E-state index contributed by atoms with van der Waals surface area (Å²) in [7, 11) is 0. The van der Waals surface area contributed by atoms with E-state index in [1.165, 1.54) is 0 Å². The van der Waals surface area contributed by atoms with Crippen molar-refractivity contribution in [2.45, 2.75) is 107 Å². The molecule has 4 aliphatic rings. The molecule has 0 atom stereocenters. The normalized spacial score (nSPS) is 14.9. The summed E-state index contributed by atoms with van der Waals surface area (Å²) in [5.41, 5.74) is 24.5. The lowest BCUT2D eigenvalue weighted by atomic mass is 10.0. The maximum Gasteiger partial charge on any atom is 0.303 e. The molecule has 0 aliphatic carbocycles. The number of para-hydroxylation sites is 4. The van der Waals surface area contributed by atoms with E-state index in [1.807, 2.05) is 177 Å². The monoisotopic (exact) mass is 1240 g/mol. The lowest BCUT2D eigenvalue weighted by Crippen LogP contribution is -2.03. The van der Waals surface area contributed by atoms with Crippen molar-refractivity contribution in [3.8, 4) is 0 Å². The molecule has 472 valence electrons. The Morgan fingerprint density at radius 3 is 0.685 bits per heavy atom. The van der Waals surface area contributed by atoms with Crippen LogP contribution in [0.15, 0.2) is 97.1 Å². The van der Waals surface area contributed by atoms with E-state index in [0.29, 0.717) is 48.0 Å². The molecular formula is C72H72N8O12. The maximum absolute atomic E-state index is 12.2. The van der Waals surface area contributed by atoms with E-state index in [4.69, 9.17) is 20.4 Å². The molecule has 0 radical (unpaired) electrons. The molecule has 0 spiro atoms. The highest BCUT2D eigenvalue weighted by molar-refractivity contribution is 6.37. The average molecular weight is 1240 g/mol. The van der Waals surface area contributed by atoms with Gasteiger partial charge in [0.2, 0.25) is 0 Å². The lowest BCUT2D eigenvalue weighted by Gasteiger charge is -2.00. The van der Waals surface area contributed by atoms with E-state index in [2.05, 4.69) is 41.2 Å². The number of aromatic nitrogens is 4. The number of carbonyl (C=O) groups is 8. The van der Waals surface area contributed by atoms with Crippen LogP contribution in [0.4, 0.5) is 22.7 Å². The van der Waals surface area contributed by atoms with Gasteiger partial charge in [-0.1, -0.05) is 72.8 Å². The number of carbonyl (C=O) groups excluding carboxylic acids is 4. The third-order valence-corrected chi connectivity index (χ3v) is 16.9. The summed E-state index contributed by atoms with van der Waals surface area (Å²) in [4.78, 5) is 105. The van der Waals surface area contributed by atoms with Gasteiger partial charge in [0.15, 0.2) is 0 Å². The van der Waals surface area contributed by atoms with Crippen molar-refractivity contribution in [1.29, 1.82) is 0 Å². The van der Waals surface area contributed by atoms with Crippen LogP contribution in [-0.2, 0) is 64.0 Å². The third kappa shape index (κ3) is 14.6. The zero-order valence-corrected chi connectivity index (χ0v) is 52.3. The van der Waals surface area contributed by atoms with Crippen LogP contribution in [-0.4, -0.2) is 87.9 Å². The Balaban J connectivity index is 0.000000145. The Bertz CT molecular complexity index is 3880. The minimum Gasteiger partial charge on any atom is -0.481 e. The minimum absolute atomic E-state index is 0.0961. The number of rotatable bonds is 16. The number of H-pyrrole nitrogens is 4. The number of hydrogen-bond donors (Lipinski definition) is 12.